The molecule has 1 aliphatic heterocycles. The van der Waals surface area contributed by atoms with Crippen molar-refractivity contribution in [3.63, 3.8) is 0 Å². The van der Waals surface area contributed by atoms with Gasteiger partial charge in [0.2, 0.25) is 5.91 Å². The first-order valence-corrected chi connectivity index (χ1v) is 13.9. The van der Waals surface area contributed by atoms with Gasteiger partial charge in [-0.3, -0.25) is 14.8 Å². The molecule has 2 atom stereocenters. The summed E-state index contributed by atoms with van der Waals surface area (Å²) < 4.78 is 6.20. The third-order valence-corrected chi connectivity index (χ3v) is 7.75. The number of likely N-dealkylation sites (tertiary alicyclic amines) is 1. The monoisotopic (exact) mass is 552 g/mol. The van der Waals surface area contributed by atoms with Crippen molar-refractivity contribution in [2.45, 2.75) is 51.8 Å². The molecule has 2 unspecified atom stereocenters. The SMILES string of the molecule is Cc1cccc(-c2cc(COc3ccc(C4(N)CCN(C(CC(C)C)C(=O)NO)C4=O)cc3)c3ccccc3n2)c1. The van der Waals surface area contributed by atoms with E-state index in [1.165, 1.54) is 10.5 Å². The lowest BCUT2D eigenvalue weighted by Gasteiger charge is -2.30. The number of aryl methyl sites for hydroxylation is 1. The maximum atomic E-state index is 13.5. The van der Waals surface area contributed by atoms with Gasteiger partial charge in [-0.25, -0.2) is 10.5 Å². The van der Waals surface area contributed by atoms with Crippen molar-refractivity contribution in [3.05, 3.63) is 95.6 Å². The van der Waals surface area contributed by atoms with Gasteiger partial charge in [0.1, 0.15) is 23.9 Å². The summed E-state index contributed by atoms with van der Waals surface area (Å²) in [4.78, 5) is 32.2. The van der Waals surface area contributed by atoms with Gasteiger partial charge in [-0.05, 0) is 61.6 Å². The summed E-state index contributed by atoms with van der Waals surface area (Å²) in [5.41, 5.74) is 12.8. The number of benzene rings is 3. The maximum Gasteiger partial charge on any atom is 0.266 e. The summed E-state index contributed by atoms with van der Waals surface area (Å²) in [5.74, 6) is -0.128. The van der Waals surface area contributed by atoms with Crippen LogP contribution in [0, 0.1) is 12.8 Å². The van der Waals surface area contributed by atoms with Gasteiger partial charge >= 0.3 is 0 Å². The Morgan fingerprint density at radius 2 is 1.85 bits per heavy atom. The predicted octanol–water partition coefficient (Wildman–Crippen LogP) is 5.10. The van der Waals surface area contributed by atoms with Crippen LogP contribution in [0.15, 0.2) is 78.9 Å². The van der Waals surface area contributed by atoms with Gasteiger partial charge < -0.3 is 15.4 Å². The normalized spacial score (nSPS) is 17.7. The first-order valence-electron chi connectivity index (χ1n) is 13.9. The molecule has 5 rings (SSSR count). The van der Waals surface area contributed by atoms with Crippen LogP contribution in [-0.2, 0) is 21.7 Å². The molecule has 0 radical (unpaired) electrons. The number of aromatic nitrogens is 1. The molecule has 2 amide bonds. The van der Waals surface area contributed by atoms with E-state index in [2.05, 4.69) is 31.2 Å². The van der Waals surface area contributed by atoms with Gasteiger partial charge in [0, 0.05) is 23.1 Å². The van der Waals surface area contributed by atoms with E-state index >= 15 is 0 Å². The molecule has 0 aliphatic carbocycles. The Hall–Kier alpha value is -4.27. The predicted molar refractivity (Wildman–Crippen MR) is 158 cm³/mol. The molecule has 8 heteroatoms. The minimum atomic E-state index is -1.26. The van der Waals surface area contributed by atoms with Gasteiger partial charge in [-0.2, -0.15) is 0 Å². The zero-order valence-electron chi connectivity index (χ0n) is 23.6. The quantitative estimate of drug-likeness (QED) is 0.197. The lowest BCUT2D eigenvalue weighted by molar-refractivity contribution is -0.144. The summed E-state index contributed by atoms with van der Waals surface area (Å²) in [7, 11) is 0. The maximum absolute atomic E-state index is 13.5. The van der Waals surface area contributed by atoms with Crippen LogP contribution in [0.4, 0.5) is 0 Å². The highest BCUT2D eigenvalue weighted by atomic mass is 16.5. The van der Waals surface area contributed by atoms with Crippen LogP contribution in [0.2, 0.25) is 0 Å². The largest absolute Gasteiger partial charge is 0.489 e. The summed E-state index contributed by atoms with van der Waals surface area (Å²) in [6.45, 7) is 6.66. The van der Waals surface area contributed by atoms with E-state index in [4.69, 9.17) is 15.5 Å². The highest BCUT2D eigenvalue weighted by molar-refractivity contribution is 5.94. The highest BCUT2D eigenvalue weighted by Crippen LogP contribution is 2.34. The fourth-order valence-corrected chi connectivity index (χ4v) is 5.55. The summed E-state index contributed by atoms with van der Waals surface area (Å²) in [5, 5.41) is 10.3. The van der Waals surface area contributed by atoms with Crippen LogP contribution in [-0.4, -0.2) is 39.5 Å². The number of fused-ring (bicyclic) bond motifs is 1. The summed E-state index contributed by atoms with van der Waals surface area (Å²) in [6.07, 6.45) is 0.792. The van der Waals surface area contributed by atoms with E-state index in [1.54, 1.807) is 5.48 Å². The third-order valence-electron chi connectivity index (χ3n) is 7.75. The second kappa shape index (κ2) is 11.7. The Morgan fingerprint density at radius 3 is 2.56 bits per heavy atom. The minimum Gasteiger partial charge on any atom is -0.489 e. The smallest absolute Gasteiger partial charge is 0.266 e. The van der Waals surface area contributed by atoms with E-state index in [1.807, 2.05) is 68.4 Å². The average molecular weight is 553 g/mol. The molecule has 0 bridgehead atoms. The molecule has 1 saturated heterocycles. The molecule has 2 heterocycles. The third kappa shape index (κ3) is 5.80. The Kier molecular flexibility index (Phi) is 8.06. The molecule has 8 nitrogen and oxygen atoms in total. The van der Waals surface area contributed by atoms with E-state index in [-0.39, 0.29) is 11.8 Å². The first-order chi connectivity index (χ1) is 19.7. The number of hydrogen-bond donors (Lipinski definition) is 3. The van der Waals surface area contributed by atoms with Crippen molar-refractivity contribution in [1.29, 1.82) is 0 Å². The van der Waals surface area contributed by atoms with Crippen molar-refractivity contribution in [2.24, 2.45) is 11.7 Å². The Balaban J connectivity index is 1.34. The number of amides is 2. The molecule has 0 spiro atoms. The molecular weight excluding hydrogens is 516 g/mol. The lowest BCUT2D eigenvalue weighted by atomic mass is 9.89. The van der Waals surface area contributed by atoms with E-state index < -0.39 is 17.5 Å². The average Bonchev–Trinajstić information content (AvgIpc) is 3.28. The van der Waals surface area contributed by atoms with E-state index in [9.17, 15) is 14.8 Å². The van der Waals surface area contributed by atoms with Gasteiger partial charge in [-0.15, -0.1) is 0 Å². The number of pyridine rings is 1. The first kappa shape index (κ1) is 28.3. The number of hydrogen-bond acceptors (Lipinski definition) is 6. The number of nitrogens with one attached hydrogen (secondary N) is 1. The molecule has 0 saturated carbocycles. The van der Waals surface area contributed by atoms with Crippen LogP contribution < -0.4 is 16.0 Å². The van der Waals surface area contributed by atoms with Crippen LogP contribution in [0.3, 0.4) is 0 Å². The summed E-state index contributed by atoms with van der Waals surface area (Å²) in [6, 6.07) is 24.8. The topological polar surface area (TPSA) is 118 Å². The number of ether oxygens (including phenoxy) is 1. The zero-order valence-corrected chi connectivity index (χ0v) is 23.6. The number of rotatable bonds is 9. The van der Waals surface area contributed by atoms with Crippen LogP contribution >= 0.6 is 0 Å². The molecule has 1 aliphatic rings. The van der Waals surface area contributed by atoms with E-state index in [0.29, 0.717) is 37.3 Å². The molecular formula is C33H36N4O4. The second-order valence-corrected chi connectivity index (χ2v) is 11.2. The van der Waals surface area contributed by atoms with E-state index in [0.717, 1.165) is 27.7 Å². The lowest BCUT2D eigenvalue weighted by Crippen LogP contribution is -2.52. The van der Waals surface area contributed by atoms with Gasteiger partial charge in [0.25, 0.3) is 5.91 Å². The number of nitrogens with zero attached hydrogens (tertiary/aromatic N) is 2. The highest BCUT2D eigenvalue weighted by Gasteiger charge is 2.48. The fraction of sp³-hybridized carbons (Fsp3) is 0.303. The van der Waals surface area contributed by atoms with Crippen LogP contribution in [0.25, 0.3) is 22.2 Å². The fourth-order valence-electron chi connectivity index (χ4n) is 5.55. The number of nitrogens with two attached hydrogens (primary N) is 1. The molecule has 1 aromatic heterocycles. The van der Waals surface area contributed by atoms with Crippen LogP contribution in [0.1, 0.15) is 43.4 Å². The second-order valence-electron chi connectivity index (χ2n) is 11.2. The number of para-hydroxylation sites is 1. The van der Waals surface area contributed by atoms with Crippen molar-refractivity contribution in [1.82, 2.24) is 15.4 Å². The van der Waals surface area contributed by atoms with Gasteiger partial charge in [0.05, 0.1) is 11.2 Å². The van der Waals surface area contributed by atoms with Gasteiger partial charge in [0.15, 0.2) is 0 Å². The summed E-state index contributed by atoms with van der Waals surface area (Å²) >= 11 is 0. The molecule has 3 aromatic carbocycles. The molecule has 41 heavy (non-hydrogen) atoms. The zero-order chi connectivity index (χ0) is 29.1. The number of hydroxylamine groups is 1. The molecule has 4 aromatic rings. The van der Waals surface area contributed by atoms with Crippen molar-refractivity contribution < 1.29 is 19.5 Å². The Labute approximate surface area is 240 Å². The molecule has 4 N–H and O–H groups in total. The van der Waals surface area contributed by atoms with Crippen molar-refractivity contribution in [3.8, 4) is 17.0 Å². The Morgan fingerprint density at radius 1 is 1.10 bits per heavy atom. The Bertz CT molecular complexity index is 1570. The van der Waals surface area contributed by atoms with Crippen molar-refractivity contribution in [2.75, 3.05) is 6.54 Å². The van der Waals surface area contributed by atoms with Crippen LogP contribution in [0.5, 0.6) is 5.75 Å². The van der Waals surface area contributed by atoms with Gasteiger partial charge in [-0.1, -0.05) is 67.9 Å². The standard InChI is InChI=1S/C33H36N4O4/c1-21(2)17-30(31(38)36-40)37-16-15-33(34,32(37)39)25-11-13-26(14-12-25)41-20-24-19-29(23-8-6-7-22(3)18-23)35-28-10-5-4-9-27(24)28/h4-14,18-19,21,30,40H,15-17,20,34H2,1-3H3,(H,36,38). The number of carbonyl (C=O) groups is 2. The molecule has 212 valence electrons. The number of carbonyl (C=O) groups excluding carboxylic acids is 2. The minimum absolute atomic E-state index is 0.153. The van der Waals surface area contributed by atoms with Crippen molar-refractivity contribution >= 4 is 22.7 Å². The molecule has 1 fully saturated rings.